The number of phenols is 1. The van der Waals surface area contributed by atoms with Crippen molar-refractivity contribution >= 4 is 11.0 Å². The van der Waals surface area contributed by atoms with E-state index in [1.54, 1.807) is 0 Å². The SMILES string of the molecule is Cc1ccc(-c2ccnc(-c3cc(-c4ccccc4)cc(-c4cccc5c4nc(-c4cc(C)cc(C)c4O)n5-c4ccc(C(C)(C)C)cc4-c4ccc(C(C)(C)C)cc4)c3)c2)cc1. The molecular formula is C59H55N3O. The fraction of sp³-hybridized carbons (Fsp3) is 0.186. The minimum absolute atomic E-state index is 0.0247. The van der Waals surface area contributed by atoms with Crippen LogP contribution in [0.1, 0.15) is 69.4 Å². The molecule has 63 heavy (non-hydrogen) atoms. The molecule has 4 heteroatoms. The normalized spacial score (nSPS) is 12.0. The summed E-state index contributed by atoms with van der Waals surface area (Å²) in [6.45, 7) is 19.7. The van der Waals surface area contributed by atoms with Crippen LogP contribution in [0.2, 0.25) is 0 Å². The van der Waals surface area contributed by atoms with Gasteiger partial charge in [0.1, 0.15) is 11.6 Å². The molecule has 9 aromatic rings. The van der Waals surface area contributed by atoms with Crippen LogP contribution < -0.4 is 0 Å². The highest BCUT2D eigenvalue weighted by Gasteiger charge is 2.25. The summed E-state index contributed by atoms with van der Waals surface area (Å²) >= 11 is 0. The first kappa shape index (κ1) is 41.3. The van der Waals surface area contributed by atoms with Gasteiger partial charge in [-0.15, -0.1) is 0 Å². The fourth-order valence-corrected chi connectivity index (χ4v) is 8.71. The van der Waals surface area contributed by atoms with Gasteiger partial charge in [0.25, 0.3) is 0 Å². The number of nitrogens with zero attached hydrogens (tertiary/aromatic N) is 3. The van der Waals surface area contributed by atoms with E-state index in [0.29, 0.717) is 11.4 Å². The second-order valence-corrected chi connectivity index (χ2v) is 19.2. The standard InChI is InChI=1S/C59H55N3O/c1-37-18-20-41(21-19-37)43-28-29-60-52(35-43)46-33-44(40-14-11-10-12-15-40)32-45(34-46)49-16-13-17-54-55(49)61-57(51-31-38(2)30-39(3)56(51)63)62(54)53-27-26-48(59(7,8)9)36-50(53)42-22-24-47(25-23-42)58(4,5)6/h10-36,63H,1-9H3. The number of rotatable bonds is 7. The number of phenolic OH excluding ortho intramolecular Hbond substituents is 1. The molecule has 9 rings (SSSR count). The van der Waals surface area contributed by atoms with Gasteiger partial charge in [-0.05, 0) is 142 Å². The number of hydrogen-bond acceptors (Lipinski definition) is 3. The molecule has 0 unspecified atom stereocenters. The predicted octanol–water partition coefficient (Wildman–Crippen LogP) is 15.6. The van der Waals surface area contributed by atoms with E-state index < -0.39 is 0 Å². The average molecular weight is 822 g/mol. The number of aryl methyl sites for hydroxylation is 3. The lowest BCUT2D eigenvalue weighted by Gasteiger charge is -2.24. The highest BCUT2D eigenvalue weighted by atomic mass is 16.3. The topological polar surface area (TPSA) is 50.9 Å². The largest absolute Gasteiger partial charge is 0.507 e. The Morgan fingerprint density at radius 3 is 1.83 bits per heavy atom. The third-order valence-corrected chi connectivity index (χ3v) is 12.3. The summed E-state index contributed by atoms with van der Waals surface area (Å²) in [5, 5.41) is 11.9. The van der Waals surface area contributed by atoms with Crippen molar-refractivity contribution in [1.82, 2.24) is 14.5 Å². The van der Waals surface area contributed by atoms with Crippen molar-refractivity contribution in [2.45, 2.75) is 73.1 Å². The van der Waals surface area contributed by atoms with E-state index in [-0.39, 0.29) is 16.6 Å². The molecule has 2 heterocycles. The molecule has 0 saturated carbocycles. The van der Waals surface area contributed by atoms with E-state index in [4.69, 9.17) is 9.97 Å². The summed E-state index contributed by atoms with van der Waals surface area (Å²) in [6.07, 6.45) is 1.91. The van der Waals surface area contributed by atoms with Crippen molar-refractivity contribution in [2.24, 2.45) is 0 Å². The second kappa shape index (κ2) is 16.0. The lowest BCUT2D eigenvalue weighted by Crippen LogP contribution is -2.12. The zero-order valence-electron chi connectivity index (χ0n) is 37.9. The minimum atomic E-state index is -0.0758. The first-order valence-electron chi connectivity index (χ1n) is 21.9. The van der Waals surface area contributed by atoms with Crippen LogP contribution in [0.15, 0.2) is 164 Å². The molecule has 0 aliphatic heterocycles. The number of benzene rings is 7. The number of hydrogen-bond donors (Lipinski definition) is 1. The monoisotopic (exact) mass is 821 g/mol. The minimum Gasteiger partial charge on any atom is -0.507 e. The molecule has 2 aromatic heterocycles. The van der Waals surface area contributed by atoms with Gasteiger partial charge < -0.3 is 5.11 Å². The summed E-state index contributed by atoms with van der Waals surface area (Å²) < 4.78 is 2.26. The van der Waals surface area contributed by atoms with Crippen molar-refractivity contribution in [3.63, 3.8) is 0 Å². The Kier molecular flexibility index (Phi) is 10.5. The first-order chi connectivity index (χ1) is 30.1. The van der Waals surface area contributed by atoms with Gasteiger partial charge in [0, 0.05) is 22.9 Å². The Balaban J connectivity index is 1.32. The Bertz CT molecular complexity index is 3140. The number of imidazole rings is 1. The van der Waals surface area contributed by atoms with E-state index in [1.807, 2.05) is 19.2 Å². The molecule has 0 aliphatic rings. The number of aromatic nitrogens is 3. The van der Waals surface area contributed by atoms with Crippen LogP contribution in [0, 0.1) is 20.8 Å². The van der Waals surface area contributed by atoms with Crippen LogP contribution in [0.25, 0.3) is 83.9 Å². The van der Waals surface area contributed by atoms with Gasteiger partial charge in [0.05, 0.1) is 28.0 Å². The van der Waals surface area contributed by atoms with Crippen LogP contribution in [0.4, 0.5) is 0 Å². The molecule has 1 N–H and O–H groups in total. The van der Waals surface area contributed by atoms with Gasteiger partial charge in [-0.2, -0.15) is 0 Å². The molecule has 7 aromatic carbocycles. The maximum absolute atomic E-state index is 11.9. The Labute approximate surface area is 372 Å². The van der Waals surface area contributed by atoms with E-state index in [9.17, 15) is 5.11 Å². The quantitative estimate of drug-likeness (QED) is 0.174. The van der Waals surface area contributed by atoms with Gasteiger partial charge in [-0.3, -0.25) is 9.55 Å². The maximum atomic E-state index is 11.9. The Morgan fingerprint density at radius 1 is 0.460 bits per heavy atom. The van der Waals surface area contributed by atoms with Crippen LogP contribution in [0.5, 0.6) is 5.75 Å². The number of para-hydroxylation sites is 1. The van der Waals surface area contributed by atoms with E-state index >= 15 is 0 Å². The third kappa shape index (κ3) is 8.10. The molecule has 0 saturated heterocycles. The first-order valence-corrected chi connectivity index (χ1v) is 21.9. The van der Waals surface area contributed by atoms with Crippen LogP contribution in [0.3, 0.4) is 0 Å². The maximum Gasteiger partial charge on any atom is 0.149 e. The summed E-state index contributed by atoms with van der Waals surface area (Å²) in [7, 11) is 0. The number of aromatic hydroxyl groups is 1. The third-order valence-electron chi connectivity index (χ3n) is 12.3. The smallest absolute Gasteiger partial charge is 0.149 e. The van der Waals surface area contributed by atoms with E-state index in [1.165, 1.54) is 16.7 Å². The van der Waals surface area contributed by atoms with Crippen molar-refractivity contribution < 1.29 is 5.11 Å². The van der Waals surface area contributed by atoms with Crippen LogP contribution in [-0.2, 0) is 10.8 Å². The highest BCUT2D eigenvalue weighted by Crippen LogP contribution is 2.43. The Hall–Kier alpha value is -7.04. The molecular weight excluding hydrogens is 767 g/mol. The number of pyridine rings is 1. The Morgan fingerprint density at radius 2 is 1.11 bits per heavy atom. The molecule has 312 valence electrons. The molecule has 0 amide bonds. The lowest BCUT2D eigenvalue weighted by atomic mass is 9.83. The molecule has 0 atom stereocenters. The molecule has 0 fully saturated rings. The molecule has 0 bridgehead atoms. The van der Waals surface area contributed by atoms with E-state index in [2.05, 4.69) is 212 Å². The summed E-state index contributed by atoms with van der Waals surface area (Å²) in [6, 6.07) is 56.6. The van der Waals surface area contributed by atoms with Crippen molar-refractivity contribution in [2.75, 3.05) is 0 Å². The van der Waals surface area contributed by atoms with Gasteiger partial charge in [0.2, 0.25) is 0 Å². The lowest BCUT2D eigenvalue weighted by molar-refractivity contribution is 0.472. The molecule has 0 radical (unpaired) electrons. The van der Waals surface area contributed by atoms with Gasteiger partial charge in [0.15, 0.2) is 0 Å². The molecule has 0 aliphatic carbocycles. The molecule has 0 spiro atoms. The predicted molar refractivity (Wildman–Crippen MR) is 265 cm³/mol. The molecule has 4 nitrogen and oxygen atoms in total. The fourth-order valence-electron chi connectivity index (χ4n) is 8.71. The summed E-state index contributed by atoms with van der Waals surface area (Å²) in [5.41, 5.74) is 19.7. The zero-order valence-corrected chi connectivity index (χ0v) is 37.9. The van der Waals surface area contributed by atoms with Gasteiger partial charge >= 0.3 is 0 Å². The van der Waals surface area contributed by atoms with Gasteiger partial charge in [-0.1, -0.05) is 150 Å². The average Bonchev–Trinajstić information content (AvgIpc) is 3.67. The summed E-state index contributed by atoms with van der Waals surface area (Å²) in [5.74, 6) is 0.915. The highest BCUT2D eigenvalue weighted by molar-refractivity contribution is 5.98. The number of fused-ring (bicyclic) bond motifs is 1. The van der Waals surface area contributed by atoms with Crippen LogP contribution >= 0.6 is 0 Å². The van der Waals surface area contributed by atoms with E-state index in [0.717, 1.165) is 83.6 Å². The van der Waals surface area contributed by atoms with Gasteiger partial charge in [-0.25, -0.2) is 4.98 Å². The summed E-state index contributed by atoms with van der Waals surface area (Å²) in [4.78, 5) is 10.5. The second-order valence-electron chi connectivity index (χ2n) is 19.2. The van der Waals surface area contributed by atoms with Crippen molar-refractivity contribution in [1.29, 1.82) is 0 Å². The van der Waals surface area contributed by atoms with Crippen molar-refractivity contribution in [3.05, 3.63) is 192 Å². The van der Waals surface area contributed by atoms with Crippen molar-refractivity contribution in [3.8, 4) is 78.6 Å². The van der Waals surface area contributed by atoms with Crippen LogP contribution in [-0.4, -0.2) is 19.6 Å². The zero-order chi connectivity index (χ0) is 44.2.